The van der Waals surface area contributed by atoms with E-state index in [0.717, 1.165) is 28.7 Å². The molecule has 0 unspecified atom stereocenters. The predicted molar refractivity (Wildman–Crippen MR) is 114 cm³/mol. The Morgan fingerprint density at radius 3 is 2.67 bits per heavy atom. The molecule has 2 aromatic carbocycles. The number of imidazole rings is 1. The third-order valence-electron chi connectivity index (χ3n) is 5.76. The van der Waals surface area contributed by atoms with Gasteiger partial charge >= 0.3 is 5.69 Å². The van der Waals surface area contributed by atoms with Gasteiger partial charge < -0.3 is 14.2 Å². The molecule has 1 aliphatic rings. The van der Waals surface area contributed by atoms with Gasteiger partial charge in [-0.05, 0) is 37.1 Å². The summed E-state index contributed by atoms with van der Waals surface area (Å²) in [5, 5.41) is 4.52. The van der Waals surface area contributed by atoms with E-state index in [1.54, 1.807) is 16.4 Å². The van der Waals surface area contributed by atoms with Crippen molar-refractivity contribution in [3.8, 4) is 0 Å². The third kappa shape index (κ3) is 2.75. The highest BCUT2D eigenvalue weighted by Gasteiger charge is 2.31. The van der Waals surface area contributed by atoms with E-state index in [4.69, 9.17) is 4.74 Å². The lowest BCUT2D eigenvalue weighted by Gasteiger charge is -2.22. The number of aromatic nitrogens is 4. The molecule has 0 bridgehead atoms. The summed E-state index contributed by atoms with van der Waals surface area (Å²) in [6.07, 6.45) is 0.814. The molecule has 5 rings (SSSR count). The van der Waals surface area contributed by atoms with Crippen LogP contribution in [-0.4, -0.2) is 44.4 Å². The molecule has 8 heteroatoms. The van der Waals surface area contributed by atoms with Crippen molar-refractivity contribution in [1.82, 2.24) is 18.7 Å². The zero-order chi connectivity index (χ0) is 20.8. The maximum Gasteiger partial charge on any atom is 0.352 e. The lowest BCUT2D eigenvalue weighted by molar-refractivity contribution is -0.119. The Hall–Kier alpha value is -3.39. The van der Waals surface area contributed by atoms with E-state index in [-0.39, 0.29) is 24.2 Å². The minimum absolute atomic E-state index is 0.0546. The fourth-order valence-electron chi connectivity index (χ4n) is 4.43. The van der Waals surface area contributed by atoms with Crippen molar-refractivity contribution >= 4 is 28.4 Å². The lowest BCUT2D eigenvalue weighted by Crippen LogP contribution is -2.40. The first-order chi connectivity index (χ1) is 14.6. The number of carbonyl (C=O) groups excluding carboxylic acids is 1. The lowest BCUT2D eigenvalue weighted by atomic mass is 10.1. The third-order valence-corrected chi connectivity index (χ3v) is 5.76. The summed E-state index contributed by atoms with van der Waals surface area (Å²) in [6, 6.07) is 15.6. The SMILES string of the molecule is COCCn1c2ccccc2n2c(=O)n(CC(=O)N3c4ccccc4C[C@@H]3C)nc12. The smallest absolute Gasteiger partial charge is 0.352 e. The van der Waals surface area contributed by atoms with E-state index in [2.05, 4.69) is 5.10 Å². The Kier molecular flexibility index (Phi) is 4.43. The number of amides is 1. The predicted octanol–water partition coefficient (Wildman–Crippen LogP) is 2.07. The number of ether oxygens (including phenoxy) is 1. The van der Waals surface area contributed by atoms with Gasteiger partial charge in [0.1, 0.15) is 6.54 Å². The zero-order valence-corrected chi connectivity index (χ0v) is 17.0. The Labute approximate surface area is 172 Å². The van der Waals surface area contributed by atoms with Crippen LogP contribution in [0.5, 0.6) is 0 Å². The summed E-state index contributed by atoms with van der Waals surface area (Å²) in [6.45, 7) is 2.99. The van der Waals surface area contributed by atoms with E-state index in [1.807, 2.05) is 60.0 Å². The molecule has 0 radical (unpaired) electrons. The summed E-state index contributed by atoms with van der Waals surface area (Å²) in [7, 11) is 1.64. The van der Waals surface area contributed by atoms with Crippen molar-refractivity contribution in [2.24, 2.45) is 0 Å². The Bertz CT molecular complexity index is 1320. The van der Waals surface area contributed by atoms with E-state index in [1.165, 1.54) is 4.68 Å². The molecule has 154 valence electrons. The number of anilines is 1. The normalized spacial score (nSPS) is 15.9. The fourth-order valence-corrected chi connectivity index (χ4v) is 4.43. The van der Waals surface area contributed by atoms with Crippen LogP contribution in [0.4, 0.5) is 5.69 Å². The molecule has 2 aromatic heterocycles. The van der Waals surface area contributed by atoms with Gasteiger partial charge in [0.25, 0.3) is 0 Å². The fraction of sp³-hybridized carbons (Fsp3) is 0.318. The van der Waals surface area contributed by atoms with Crippen LogP contribution in [0.15, 0.2) is 53.3 Å². The zero-order valence-electron chi connectivity index (χ0n) is 17.0. The number of carbonyl (C=O) groups is 1. The first-order valence-corrected chi connectivity index (χ1v) is 10.1. The molecule has 0 saturated heterocycles. The molecule has 3 heterocycles. The molecular weight excluding hydrogens is 382 g/mol. The Balaban J connectivity index is 1.55. The van der Waals surface area contributed by atoms with Crippen LogP contribution in [0.3, 0.4) is 0 Å². The monoisotopic (exact) mass is 405 g/mol. The van der Waals surface area contributed by atoms with Crippen LogP contribution in [-0.2, 0) is 29.0 Å². The molecule has 0 N–H and O–H groups in total. The molecule has 1 aliphatic heterocycles. The van der Waals surface area contributed by atoms with Gasteiger partial charge in [0.2, 0.25) is 11.7 Å². The molecule has 4 aromatic rings. The average molecular weight is 405 g/mol. The van der Waals surface area contributed by atoms with Gasteiger partial charge in [-0.15, -0.1) is 5.10 Å². The van der Waals surface area contributed by atoms with Gasteiger partial charge in [-0.1, -0.05) is 30.3 Å². The van der Waals surface area contributed by atoms with Gasteiger partial charge in [0.15, 0.2) is 0 Å². The van der Waals surface area contributed by atoms with Crippen molar-refractivity contribution in [2.75, 3.05) is 18.6 Å². The van der Waals surface area contributed by atoms with Crippen LogP contribution in [0.1, 0.15) is 12.5 Å². The number of hydrogen-bond donors (Lipinski definition) is 0. The van der Waals surface area contributed by atoms with Crippen LogP contribution in [0, 0.1) is 0 Å². The van der Waals surface area contributed by atoms with Crippen LogP contribution in [0.25, 0.3) is 16.8 Å². The molecule has 1 atom stereocenters. The van der Waals surface area contributed by atoms with Gasteiger partial charge in [0.05, 0.1) is 17.6 Å². The molecule has 30 heavy (non-hydrogen) atoms. The largest absolute Gasteiger partial charge is 0.383 e. The topological polar surface area (TPSA) is 73.8 Å². The van der Waals surface area contributed by atoms with Crippen LogP contribution < -0.4 is 10.6 Å². The molecule has 8 nitrogen and oxygen atoms in total. The number of benzene rings is 2. The van der Waals surface area contributed by atoms with E-state index in [0.29, 0.717) is 18.9 Å². The first kappa shape index (κ1) is 18.6. The number of rotatable bonds is 5. The van der Waals surface area contributed by atoms with Crippen molar-refractivity contribution in [2.45, 2.75) is 32.5 Å². The summed E-state index contributed by atoms with van der Waals surface area (Å²) >= 11 is 0. The van der Waals surface area contributed by atoms with E-state index in [9.17, 15) is 9.59 Å². The molecule has 0 aliphatic carbocycles. The Morgan fingerprint density at radius 2 is 1.87 bits per heavy atom. The molecule has 1 amide bonds. The number of fused-ring (bicyclic) bond motifs is 4. The summed E-state index contributed by atoms with van der Waals surface area (Å²) in [4.78, 5) is 28.1. The van der Waals surface area contributed by atoms with E-state index >= 15 is 0 Å². The highest BCUT2D eigenvalue weighted by Crippen LogP contribution is 2.32. The minimum atomic E-state index is -0.314. The van der Waals surface area contributed by atoms with Gasteiger partial charge in [-0.2, -0.15) is 0 Å². The molecular formula is C22H23N5O3. The molecule has 0 fully saturated rings. The number of methoxy groups -OCH3 is 1. The van der Waals surface area contributed by atoms with Crippen molar-refractivity contribution in [1.29, 1.82) is 0 Å². The van der Waals surface area contributed by atoms with Crippen molar-refractivity contribution in [3.63, 3.8) is 0 Å². The summed E-state index contributed by atoms with van der Waals surface area (Å²) < 4.78 is 10.0. The van der Waals surface area contributed by atoms with Crippen molar-refractivity contribution in [3.05, 3.63) is 64.6 Å². The van der Waals surface area contributed by atoms with Crippen LogP contribution in [0.2, 0.25) is 0 Å². The highest BCUT2D eigenvalue weighted by atomic mass is 16.5. The number of nitrogens with zero attached hydrogens (tertiary/aromatic N) is 5. The second-order valence-corrected chi connectivity index (χ2v) is 7.65. The minimum Gasteiger partial charge on any atom is -0.383 e. The summed E-state index contributed by atoms with van der Waals surface area (Å²) in [5.41, 5.74) is 3.44. The van der Waals surface area contributed by atoms with Gasteiger partial charge in [0, 0.05) is 25.4 Å². The van der Waals surface area contributed by atoms with Crippen molar-refractivity contribution < 1.29 is 9.53 Å². The molecule has 0 spiro atoms. The summed E-state index contributed by atoms with van der Waals surface area (Å²) in [5.74, 6) is 0.379. The maximum atomic E-state index is 13.2. The number of para-hydroxylation sites is 3. The second kappa shape index (κ2) is 7.14. The first-order valence-electron chi connectivity index (χ1n) is 10.1. The highest BCUT2D eigenvalue weighted by molar-refractivity contribution is 5.96. The quantitative estimate of drug-likeness (QED) is 0.510. The Morgan fingerprint density at radius 1 is 1.13 bits per heavy atom. The standard InChI is InChI=1S/C22H23N5O3/c1-15-13-16-7-3-4-8-17(16)26(15)20(28)14-25-22(29)27-19-10-6-5-9-18(19)24(11-12-30-2)21(27)23-25/h3-10,15H,11-14H2,1-2H3/t15-/m0/s1. The van der Waals surface area contributed by atoms with E-state index < -0.39 is 0 Å². The molecule has 0 saturated carbocycles. The number of hydrogen-bond acceptors (Lipinski definition) is 4. The average Bonchev–Trinajstić information content (AvgIpc) is 3.35. The maximum absolute atomic E-state index is 13.2. The second-order valence-electron chi connectivity index (χ2n) is 7.65. The van der Waals surface area contributed by atoms with Crippen LogP contribution >= 0.6 is 0 Å². The van der Waals surface area contributed by atoms with Gasteiger partial charge in [-0.3, -0.25) is 4.79 Å². The van der Waals surface area contributed by atoms with Gasteiger partial charge in [-0.25, -0.2) is 13.9 Å².